The van der Waals surface area contributed by atoms with Crippen LogP contribution in [-0.2, 0) is 19.4 Å². The average molecular weight is 288 g/mol. The summed E-state index contributed by atoms with van der Waals surface area (Å²) in [5.41, 5.74) is 6.14. The Labute approximate surface area is 131 Å². The summed E-state index contributed by atoms with van der Waals surface area (Å²) in [6.45, 7) is 0.0995. The molecule has 0 aliphatic heterocycles. The third kappa shape index (κ3) is 3.63. The van der Waals surface area contributed by atoms with E-state index in [-0.39, 0.29) is 6.61 Å². The maximum Gasteiger partial charge on any atom is 0.0684 e. The Morgan fingerprint density at radius 2 is 1.00 bits per heavy atom. The second kappa shape index (κ2) is 7.06. The lowest BCUT2D eigenvalue weighted by atomic mass is 9.98. The van der Waals surface area contributed by atoms with Crippen molar-refractivity contribution < 1.29 is 5.11 Å². The summed E-state index contributed by atoms with van der Waals surface area (Å²) in [7, 11) is 0. The third-order valence-corrected chi connectivity index (χ3v) is 3.96. The molecule has 0 heterocycles. The molecule has 0 fully saturated rings. The predicted molar refractivity (Wildman–Crippen MR) is 90.9 cm³/mol. The molecule has 3 aromatic carbocycles. The van der Waals surface area contributed by atoms with E-state index in [1.54, 1.807) is 0 Å². The number of rotatable bonds is 5. The van der Waals surface area contributed by atoms with Crippen molar-refractivity contribution in [3.8, 4) is 0 Å². The SMILES string of the molecule is OCc1ccccc1Cc1ccc(Cc2ccccc2)cc1. The molecule has 1 heteroatoms. The van der Waals surface area contributed by atoms with E-state index in [0.29, 0.717) is 0 Å². The van der Waals surface area contributed by atoms with Gasteiger partial charge in [-0.05, 0) is 40.7 Å². The van der Waals surface area contributed by atoms with Gasteiger partial charge < -0.3 is 5.11 Å². The second-order valence-corrected chi connectivity index (χ2v) is 5.58. The summed E-state index contributed by atoms with van der Waals surface area (Å²) in [5, 5.41) is 9.40. The van der Waals surface area contributed by atoms with E-state index in [2.05, 4.69) is 54.6 Å². The van der Waals surface area contributed by atoms with Crippen molar-refractivity contribution in [1.82, 2.24) is 0 Å². The van der Waals surface area contributed by atoms with Crippen LogP contribution in [0.15, 0.2) is 78.9 Å². The molecule has 0 bridgehead atoms. The lowest BCUT2D eigenvalue weighted by Crippen LogP contribution is -1.96. The van der Waals surface area contributed by atoms with Crippen molar-refractivity contribution in [3.63, 3.8) is 0 Å². The molecule has 0 amide bonds. The molecule has 0 aliphatic carbocycles. The number of aliphatic hydroxyl groups excluding tert-OH is 1. The minimum Gasteiger partial charge on any atom is -0.392 e. The maximum absolute atomic E-state index is 9.40. The highest BCUT2D eigenvalue weighted by atomic mass is 16.3. The van der Waals surface area contributed by atoms with E-state index < -0.39 is 0 Å². The molecule has 110 valence electrons. The Bertz CT molecular complexity index is 714. The molecular formula is C21H20O. The molecule has 0 radical (unpaired) electrons. The van der Waals surface area contributed by atoms with Gasteiger partial charge in [-0.1, -0.05) is 78.9 Å². The van der Waals surface area contributed by atoms with E-state index in [4.69, 9.17) is 0 Å². The topological polar surface area (TPSA) is 20.2 Å². The molecule has 0 saturated heterocycles. The highest BCUT2D eigenvalue weighted by Crippen LogP contribution is 2.16. The van der Waals surface area contributed by atoms with Crippen LogP contribution in [0.4, 0.5) is 0 Å². The van der Waals surface area contributed by atoms with Crippen molar-refractivity contribution in [2.45, 2.75) is 19.4 Å². The minimum absolute atomic E-state index is 0.0995. The van der Waals surface area contributed by atoms with Gasteiger partial charge in [-0.25, -0.2) is 0 Å². The molecule has 1 nitrogen and oxygen atoms in total. The predicted octanol–water partition coefficient (Wildman–Crippen LogP) is 4.36. The standard InChI is InChI=1S/C21H20O/c22-16-21-9-5-4-8-20(21)15-19-12-10-18(11-13-19)14-17-6-2-1-3-7-17/h1-13,22H,14-16H2. The summed E-state index contributed by atoms with van der Waals surface area (Å²) in [6.07, 6.45) is 1.83. The van der Waals surface area contributed by atoms with Crippen LogP contribution in [0.25, 0.3) is 0 Å². The summed E-state index contributed by atoms with van der Waals surface area (Å²) >= 11 is 0. The van der Waals surface area contributed by atoms with E-state index in [1.165, 1.54) is 22.3 Å². The minimum atomic E-state index is 0.0995. The number of aliphatic hydroxyl groups is 1. The monoisotopic (exact) mass is 288 g/mol. The average Bonchev–Trinajstić information content (AvgIpc) is 2.58. The zero-order chi connectivity index (χ0) is 15.2. The first-order valence-corrected chi connectivity index (χ1v) is 7.64. The summed E-state index contributed by atoms with van der Waals surface area (Å²) in [5.74, 6) is 0. The van der Waals surface area contributed by atoms with E-state index in [1.807, 2.05) is 24.3 Å². The van der Waals surface area contributed by atoms with Gasteiger partial charge in [-0.15, -0.1) is 0 Å². The molecule has 0 saturated carbocycles. The quantitative estimate of drug-likeness (QED) is 0.739. The molecule has 0 unspecified atom stereocenters. The number of hydrogen-bond acceptors (Lipinski definition) is 1. The van der Waals surface area contributed by atoms with Crippen molar-refractivity contribution >= 4 is 0 Å². The first kappa shape index (κ1) is 14.6. The van der Waals surface area contributed by atoms with E-state index in [0.717, 1.165) is 18.4 Å². The third-order valence-electron chi connectivity index (χ3n) is 3.96. The Kier molecular flexibility index (Phi) is 4.67. The second-order valence-electron chi connectivity index (χ2n) is 5.58. The van der Waals surface area contributed by atoms with Crippen LogP contribution >= 0.6 is 0 Å². The lowest BCUT2D eigenvalue weighted by Gasteiger charge is -2.08. The van der Waals surface area contributed by atoms with Gasteiger partial charge >= 0.3 is 0 Å². The molecule has 22 heavy (non-hydrogen) atoms. The Morgan fingerprint density at radius 3 is 1.64 bits per heavy atom. The fourth-order valence-corrected chi connectivity index (χ4v) is 2.71. The van der Waals surface area contributed by atoms with Gasteiger partial charge in [0.25, 0.3) is 0 Å². The van der Waals surface area contributed by atoms with Crippen molar-refractivity contribution in [2.75, 3.05) is 0 Å². The maximum atomic E-state index is 9.40. The summed E-state index contributed by atoms with van der Waals surface area (Å²) in [4.78, 5) is 0. The van der Waals surface area contributed by atoms with Gasteiger partial charge in [-0.3, -0.25) is 0 Å². The van der Waals surface area contributed by atoms with Gasteiger partial charge in [-0.2, -0.15) is 0 Å². The van der Waals surface area contributed by atoms with Crippen LogP contribution in [0, 0.1) is 0 Å². The van der Waals surface area contributed by atoms with Crippen LogP contribution in [0.3, 0.4) is 0 Å². The van der Waals surface area contributed by atoms with Gasteiger partial charge in [0.05, 0.1) is 6.61 Å². The Balaban J connectivity index is 1.72. The van der Waals surface area contributed by atoms with Crippen LogP contribution < -0.4 is 0 Å². The highest BCUT2D eigenvalue weighted by molar-refractivity contribution is 5.34. The van der Waals surface area contributed by atoms with Gasteiger partial charge in [0.1, 0.15) is 0 Å². The zero-order valence-corrected chi connectivity index (χ0v) is 12.6. The molecule has 0 aliphatic rings. The van der Waals surface area contributed by atoms with Crippen LogP contribution in [0.1, 0.15) is 27.8 Å². The zero-order valence-electron chi connectivity index (χ0n) is 12.6. The fourth-order valence-electron chi connectivity index (χ4n) is 2.71. The summed E-state index contributed by atoms with van der Waals surface area (Å²) < 4.78 is 0. The van der Waals surface area contributed by atoms with Crippen molar-refractivity contribution in [3.05, 3.63) is 107 Å². The van der Waals surface area contributed by atoms with Crippen LogP contribution in [0.2, 0.25) is 0 Å². The van der Waals surface area contributed by atoms with E-state index >= 15 is 0 Å². The van der Waals surface area contributed by atoms with Crippen LogP contribution in [0.5, 0.6) is 0 Å². The molecule has 3 rings (SSSR count). The van der Waals surface area contributed by atoms with Crippen molar-refractivity contribution in [1.29, 1.82) is 0 Å². The Hall–Kier alpha value is -2.38. The first-order chi connectivity index (χ1) is 10.8. The molecule has 0 atom stereocenters. The lowest BCUT2D eigenvalue weighted by molar-refractivity contribution is 0.281. The molecule has 1 N–H and O–H groups in total. The number of hydrogen-bond donors (Lipinski definition) is 1. The largest absolute Gasteiger partial charge is 0.392 e. The van der Waals surface area contributed by atoms with E-state index in [9.17, 15) is 5.11 Å². The molecular weight excluding hydrogens is 268 g/mol. The van der Waals surface area contributed by atoms with Gasteiger partial charge in [0.15, 0.2) is 0 Å². The molecule has 3 aromatic rings. The smallest absolute Gasteiger partial charge is 0.0684 e. The van der Waals surface area contributed by atoms with Crippen LogP contribution in [-0.4, -0.2) is 5.11 Å². The van der Waals surface area contributed by atoms with Gasteiger partial charge in [0, 0.05) is 0 Å². The van der Waals surface area contributed by atoms with Crippen molar-refractivity contribution in [2.24, 2.45) is 0 Å². The van der Waals surface area contributed by atoms with Gasteiger partial charge in [0.2, 0.25) is 0 Å². The highest BCUT2D eigenvalue weighted by Gasteiger charge is 2.03. The Morgan fingerprint density at radius 1 is 0.500 bits per heavy atom. The molecule has 0 aromatic heterocycles. The first-order valence-electron chi connectivity index (χ1n) is 7.64. The summed E-state index contributed by atoms with van der Waals surface area (Å²) in [6, 6.07) is 27.4. The number of benzene rings is 3. The molecule has 0 spiro atoms. The fraction of sp³-hybridized carbons (Fsp3) is 0.143. The normalized spacial score (nSPS) is 10.6.